The van der Waals surface area contributed by atoms with Crippen LogP contribution in [0.25, 0.3) is 0 Å². The summed E-state index contributed by atoms with van der Waals surface area (Å²) in [5, 5.41) is 9.04. The molecule has 0 radical (unpaired) electrons. The zero-order valence-corrected chi connectivity index (χ0v) is 9.53. The molecule has 1 heterocycles. The highest BCUT2D eigenvalue weighted by Crippen LogP contribution is 2.37. The molecule has 16 heavy (non-hydrogen) atoms. The van der Waals surface area contributed by atoms with Gasteiger partial charge in [-0.05, 0) is 44.0 Å². The van der Waals surface area contributed by atoms with E-state index in [9.17, 15) is 4.79 Å². The van der Waals surface area contributed by atoms with Crippen molar-refractivity contribution in [3.05, 3.63) is 23.3 Å². The van der Waals surface area contributed by atoms with Crippen LogP contribution >= 0.6 is 0 Å². The third-order valence-corrected chi connectivity index (χ3v) is 2.85. The fourth-order valence-electron chi connectivity index (χ4n) is 1.55. The summed E-state index contributed by atoms with van der Waals surface area (Å²) in [6, 6.07) is 3.68. The van der Waals surface area contributed by atoms with E-state index in [1.165, 1.54) is 6.92 Å². The maximum absolute atomic E-state index is 11.0. The van der Waals surface area contributed by atoms with Gasteiger partial charge in [-0.25, -0.2) is 4.79 Å². The number of hydrogen-bond donors (Lipinski definition) is 1. The number of carbonyl (C=O) groups is 1. The van der Waals surface area contributed by atoms with Gasteiger partial charge in [0.2, 0.25) is 5.60 Å². The second kappa shape index (κ2) is 3.40. The summed E-state index contributed by atoms with van der Waals surface area (Å²) in [6.45, 7) is 5.46. The van der Waals surface area contributed by atoms with Crippen molar-refractivity contribution in [3.63, 3.8) is 0 Å². The van der Waals surface area contributed by atoms with Crippen LogP contribution in [0.2, 0.25) is 0 Å². The highest BCUT2D eigenvalue weighted by Gasteiger charge is 2.40. The first-order chi connectivity index (χ1) is 7.42. The smallest absolute Gasteiger partial charge is 0.351 e. The van der Waals surface area contributed by atoms with Gasteiger partial charge in [-0.15, -0.1) is 0 Å². The lowest BCUT2D eigenvalue weighted by atomic mass is 10.0. The summed E-state index contributed by atoms with van der Waals surface area (Å²) >= 11 is 0. The van der Waals surface area contributed by atoms with Crippen LogP contribution in [0, 0.1) is 13.8 Å². The van der Waals surface area contributed by atoms with Gasteiger partial charge < -0.3 is 14.6 Å². The van der Waals surface area contributed by atoms with Crippen LogP contribution in [-0.4, -0.2) is 23.3 Å². The van der Waals surface area contributed by atoms with Crippen molar-refractivity contribution in [1.29, 1.82) is 0 Å². The molecule has 0 saturated heterocycles. The number of benzene rings is 1. The van der Waals surface area contributed by atoms with E-state index in [0.29, 0.717) is 11.5 Å². The van der Waals surface area contributed by atoms with Gasteiger partial charge in [-0.3, -0.25) is 0 Å². The first-order valence-electron chi connectivity index (χ1n) is 5.09. The van der Waals surface area contributed by atoms with Crippen LogP contribution < -0.4 is 9.47 Å². The minimum atomic E-state index is -1.30. The Labute approximate surface area is 93.8 Å². The molecule has 1 aromatic carbocycles. The Morgan fingerprint density at radius 2 is 1.88 bits per heavy atom. The van der Waals surface area contributed by atoms with Crippen molar-refractivity contribution >= 4 is 5.97 Å². The molecular formula is C12H14O4. The molecule has 1 aliphatic rings. The monoisotopic (exact) mass is 222 g/mol. The molecule has 1 N–H and O–H groups in total. The lowest BCUT2D eigenvalue weighted by molar-refractivity contribution is -0.158. The number of carboxylic acid groups (broad SMARTS) is 1. The summed E-state index contributed by atoms with van der Waals surface area (Å²) in [4.78, 5) is 11.0. The van der Waals surface area contributed by atoms with Crippen LogP contribution in [0.3, 0.4) is 0 Å². The topological polar surface area (TPSA) is 55.8 Å². The van der Waals surface area contributed by atoms with Crippen molar-refractivity contribution in [2.24, 2.45) is 0 Å². The molecule has 0 bridgehead atoms. The number of aryl methyl sites for hydroxylation is 2. The maximum atomic E-state index is 11.0. The Kier molecular flexibility index (Phi) is 2.30. The van der Waals surface area contributed by atoms with Gasteiger partial charge in [-0.1, -0.05) is 0 Å². The van der Waals surface area contributed by atoms with Crippen molar-refractivity contribution < 1.29 is 19.4 Å². The molecule has 4 heteroatoms. The zero-order valence-electron chi connectivity index (χ0n) is 9.53. The average Bonchev–Trinajstić information content (AvgIpc) is 2.20. The van der Waals surface area contributed by atoms with Gasteiger partial charge in [0.1, 0.15) is 6.61 Å². The van der Waals surface area contributed by atoms with Crippen molar-refractivity contribution in [2.45, 2.75) is 26.4 Å². The van der Waals surface area contributed by atoms with Crippen LogP contribution in [0.4, 0.5) is 0 Å². The van der Waals surface area contributed by atoms with Crippen LogP contribution in [0.5, 0.6) is 11.5 Å². The van der Waals surface area contributed by atoms with E-state index in [4.69, 9.17) is 14.6 Å². The van der Waals surface area contributed by atoms with Crippen LogP contribution in [-0.2, 0) is 4.79 Å². The van der Waals surface area contributed by atoms with Gasteiger partial charge in [0.15, 0.2) is 11.5 Å². The fraction of sp³-hybridized carbons (Fsp3) is 0.417. The molecule has 0 aromatic heterocycles. The third-order valence-electron chi connectivity index (χ3n) is 2.85. The van der Waals surface area contributed by atoms with E-state index in [-0.39, 0.29) is 6.61 Å². The molecule has 0 aliphatic carbocycles. The summed E-state index contributed by atoms with van der Waals surface area (Å²) in [5.41, 5.74) is 0.854. The first kappa shape index (κ1) is 10.8. The lowest BCUT2D eigenvalue weighted by Crippen LogP contribution is -2.49. The standard InChI is InChI=1S/C12H14O4/c1-7-4-9-10(5-8(7)2)16-12(3,6-15-9)11(13)14/h4-5H,6H2,1-3H3,(H,13,14)/t12-/m0/s1. The number of fused-ring (bicyclic) bond motifs is 1. The highest BCUT2D eigenvalue weighted by molar-refractivity contribution is 5.78. The summed E-state index contributed by atoms with van der Waals surface area (Å²) in [6.07, 6.45) is 0. The summed E-state index contributed by atoms with van der Waals surface area (Å²) < 4.78 is 10.9. The summed E-state index contributed by atoms with van der Waals surface area (Å²) in [5.74, 6) is 0.0949. The van der Waals surface area contributed by atoms with E-state index in [0.717, 1.165) is 11.1 Å². The predicted octanol–water partition coefficient (Wildman–Crippen LogP) is 1.92. The summed E-state index contributed by atoms with van der Waals surface area (Å²) in [7, 11) is 0. The number of rotatable bonds is 1. The highest BCUT2D eigenvalue weighted by atomic mass is 16.6. The number of ether oxygens (including phenoxy) is 2. The van der Waals surface area contributed by atoms with Crippen molar-refractivity contribution in [3.8, 4) is 11.5 Å². The quantitative estimate of drug-likeness (QED) is 0.788. The average molecular weight is 222 g/mol. The molecule has 1 aliphatic heterocycles. The van der Waals surface area contributed by atoms with E-state index < -0.39 is 11.6 Å². The SMILES string of the molecule is Cc1cc2c(cc1C)O[C@](C)(C(=O)O)CO2. The van der Waals surface area contributed by atoms with E-state index in [1.54, 1.807) is 0 Å². The van der Waals surface area contributed by atoms with Gasteiger partial charge >= 0.3 is 5.97 Å². The van der Waals surface area contributed by atoms with Gasteiger partial charge in [-0.2, -0.15) is 0 Å². The molecule has 2 rings (SSSR count). The second-order valence-electron chi connectivity index (χ2n) is 4.31. The van der Waals surface area contributed by atoms with E-state index in [1.807, 2.05) is 26.0 Å². The molecule has 0 spiro atoms. The Morgan fingerprint density at radius 1 is 1.31 bits per heavy atom. The largest absolute Gasteiger partial charge is 0.485 e. The number of hydrogen-bond acceptors (Lipinski definition) is 3. The first-order valence-corrected chi connectivity index (χ1v) is 5.09. The molecule has 0 fully saturated rings. The fourth-order valence-corrected chi connectivity index (χ4v) is 1.55. The Bertz CT molecular complexity index is 453. The minimum absolute atomic E-state index is 0.0256. The van der Waals surface area contributed by atoms with Gasteiger partial charge in [0, 0.05) is 0 Å². The van der Waals surface area contributed by atoms with Gasteiger partial charge in [0.25, 0.3) is 0 Å². The second-order valence-corrected chi connectivity index (χ2v) is 4.31. The van der Waals surface area contributed by atoms with Gasteiger partial charge in [0.05, 0.1) is 0 Å². The minimum Gasteiger partial charge on any atom is -0.485 e. The molecule has 1 aromatic rings. The molecule has 1 atom stereocenters. The van der Waals surface area contributed by atoms with Crippen LogP contribution in [0.1, 0.15) is 18.1 Å². The Hall–Kier alpha value is -1.71. The Balaban J connectivity index is 2.41. The van der Waals surface area contributed by atoms with Crippen LogP contribution in [0.15, 0.2) is 12.1 Å². The normalized spacial score (nSPS) is 22.9. The predicted molar refractivity (Wildman–Crippen MR) is 58.1 cm³/mol. The number of aliphatic carboxylic acids is 1. The molecule has 0 unspecified atom stereocenters. The van der Waals surface area contributed by atoms with Crippen molar-refractivity contribution in [1.82, 2.24) is 0 Å². The lowest BCUT2D eigenvalue weighted by Gasteiger charge is -2.32. The molecule has 4 nitrogen and oxygen atoms in total. The maximum Gasteiger partial charge on any atom is 0.351 e. The zero-order chi connectivity index (χ0) is 11.9. The molecule has 0 amide bonds. The molecule has 86 valence electrons. The molecule has 0 saturated carbocycles. The molecular weight excluding hydrogens is 208 g/mol. The van der Waals surface area contributed by atoms with Crippen molar-refractivity contribution in [2.75, 3.05) is 6.61 Å². The van der Waals surface area contributed by atoms with E-state index in [2.05, 4.69) is 0 Å². The Morgan fingerprint density at radius 3 is 2.44 bits per heavy atom. The van der Waals surface area contributed by atoms with E-state index >= 15 is 0 Å². The third kappa shape index (κ3) is 1.60. The number of carboxylic acids is 1.